The van der Waals surface area contributed by atoms with Gasteiger partial charge >= 0.3 is 0 Å². The van der Waals surface area contributed by atoms with E-state index >= 15 is 0 Å². The second-order valence-electron chi connectivity index (χ2n) is 5.04. The lowest BCUT2D eigenvalue weighted by Crippen LogP contribution is -2.39. The second kappa shape index (κ2) is 5.83. The zero-order valence-corrected chi connectivity index (χ0v) is 10.8. The summed E-state index contributed by atoms with van der Waals surface area (Å²) < 4.78 is 13.0. The summed E-state index contributed by atoms with van der Waals surface area (Å²) >= 11 is 0. The summed E-state index contributed by atoms with van der Waals surface area (Å²) in [5, 5.41) is 12.0. The Hall–Kier alpha value is -1.89. The van der Waals surface area contributed by atoms with E-state index in [0.29, 0.717) is 25.8 Å². The number of rotatable bonds is 4. The minimum absolute atomic E-state index is 0.177. The molecule has 1 saturated carbocycles. The van der Waals surface area contributed by atoms with Gasteiger partial charge in [0.15, 0.2) is 0 Å². The van der Waals surface area contributed by atoms with Gasteiger partial charge in [-0.15, -0.1) is 0 Å². The summed E-state index contributed by atoms with van der Waals surface area (Å²) in [5.41, 5.74) is 0.0137. The first-order chi connectivity index (χ1) is 9.16. The van der Waals surface area contributed by atoms with Crippen LogP contribution in [0.2, 0.25) is 0 Å². The average Bonchev–Trinajstić information content (AvgIpc) is 2.89. The van der Waals surface area contributed by atoms with Gasteiger partial charge in [0.2, 0.25) is 5.91 Å². The highest BCUT2D eigenvalue weighted by Crippen LogP contribution is 2.37. The number of nitrogens with zero attached hydrogens (tertiary/aromatic N) is 1. The Balaban J connectivity index is 1.86. The van der Waals surface area contributed by atoms with Crippen molar-refractivity contribution in [1.29, 1.82) is 5.26 Å². The monoisotopic (exact) mass is 260 g/mol. The molecule has 19 heavy (non-hydrogen) atoms. The molecule has 0 bridgehead atoms. The number of benzene rings is 1. The summed E-state index contributed by atoms with van der Waals surface area (Å²) in [6, 6.07) is 8.49. The quantitative estimate of drug-likeness (QED) is 0.904. The van der Waals surface area contributed by atoms with Crippen LogP contribution < -0.4 is 5.32 Å². The van der Waals surface area contributed by atoms with Crippen molar-refractivity contribution in [1.82, 2.24) is 5.32 Å². The van der Waals surface area contributed by atoms with Crippen LogP contribution in [0.4, 0.5) is 4.39 Å². The third-order valence-corrected chi connectivity index (χ3v) is 3.69. The fourth-order valence-electron chi connectivity index (χ4n) is 2.55. The number of nitrogens with one attached hydrogen (secondary N) is 1. The van der Waals surface area contributed by atoms with Crippen molar-refractivity contribution in [2.75, 3.05) is 6.54 Å². The van der Waals surface area contributed by atoms with Crippen LogP contribution in [-0.4, -0.2) is 12.5 Å². The van der Waals surface area contributed by atoms with Crippen molar-refractivity contribution >= 4 is 5.91 Å². The zero-order chi connectivity index (χ0) is 13.7. The lowest BCUT2D eigenvalue weighted by Gasteiger charge is -2.19. The SMILES string of the molecule is N#CC1(C(=O)NCCc2cccc(F)c2)CCCC1. The first-order valence-corrected chi connectivity index (χ1v) is 6.60. The molecule has 0 atom stereocenters. The van der Waals surface area contributed by atoms with E-state index in [1.807, 2.05) is 6.07 Å². The van der Waals surface area contributed by atoms with Gasteiger partial charge in [-0.25, -0.2) is 4.39 Å². The van der Waals surface area contributed by atoms with Gasteiger partial charge in [0.1, 0.15) is 11.2 Å². The largest absolute Gasteiger partial charge is 0.354 e. The molecule has 1 aromatic rings. The summed E-state index contributed by atoms with van der Waals surface area (Å²) in [6.07, 6.45) is 3.74. The Morgan fingerprint density at radius 3 is 2.79 bits per heavy atom. The van der Waals surface area contributed by atoms with Crippen molar-refractivity contribution in [3.63, 3.8) is 0 Å². The Bertz CT molecular complexity index is 501. The highest BCUT2D eigenvalue weighted by molar-refractivity contribution is 5.85. The van der Waals surface area contributed by atoms with Crippen LogP contribution in [0.25, 0.3) is 0 Å². The maximum absolute atomic E-state index is 13.0. The molecule has 0 aromatic heterocycles. The third kappa shape index (κ3) is 3.11. The van der Waals surface area contributed by atoms with Gasteiger partial charge in [-0.3, -0.25) is 4.79 Å². The lowest BCUT2D eigenvalue weighted by molar-refractivity contribution is -0.127. The lowest BCUT2D eigenvalue weighted by atomic mass is 9.87. The Morgan fingerprint density at radius 1 is 1.42 bits per heavy atom. The molecule has 100 valence electrons. The van der Waals surface area contributed by atoms with Crippen molar-refractivity contribution < 1.29 is 9.18 Å². The van der Waals surface area contributed by atoms with E-state index < -0.39 is 5.41 Å². The van der Waals surface area contributed by atoms with Crippen LogP contribution in [0.15, 0.2) is 24.3 Å². The first-order valence-electron chi connectivity index (χ1n) is 6.60. The number of carbonyl (C=O) groups excluding carboxylic acids is 1. The smallest absolute Gasteiger partial charge is 0.240 e. The van der Waals surface area contributed by atoms with Gasteiger partial charge in [0.05, 0.1) is 6.07 Å². The summed E-state index contributed by atoms with van der Waals surface area (Å²) in [7, 11) is 0. The summed E-state index contributed by atoms with van der Waals surface area (Å²) in [5.74, 6) is -0.447. The molecule has 0 unspecified atom stereocenters. The predicted molar refractivity (Wildman–Crippen MR) is 69.6 cm³/mol. The number of hydrogen-bond donors (Lipinski definition) is 1. The predicted octanol–water partition coefficient (Wildman–Crippen LogP) is 2.57. The van der Waals surface area contributed by atoms with E-state index in [1.165, 1.54) is 12.1 Å². The number of hydrogen-bond acceptors (Lipinski definition) is 2. The molecule has 0 spiro atoms. The van der Waals surface area contributed by atoms with E-state index in [0.717, 1.165) is 18.4 Å². The summed E-state index contributed by atoms with van der Waals surface area (Å²) in [4.78, 5) is 12.0. The van der Waals surface area contributed by atoms with Crippen LogP contribution in [-0.2, 0) is 11.2 Å². The van der Waals surface area contributed by atoms with Crippen LogP contribution in [0, 0.1) is 22.6 Å². The molecule has 1 N–H and O–H groups in total. The van der Waals surface area contributed by atoms with Crippen molar-refractivity contribution in [3.8, 4) is 6.07 Å². The molecular formula is C15H17FN2O. The number of halogens is 1. The fraction of sp³-hybridized carbons (Fsp3) is 0.467. The molecule has 1 aromatic carbocycles. The normalized spacial score (nSPS) is 16.8. The fourth-order valence-corrected chi connectivity index (χ4v) is 2.55. The topological polar surface area (TPSA) is 52.9 Å². The maximum Gasteiger partial charge on any atom is 0.240 e. The second-order valence-corrected chi connectivity index (χ2v) is 5.04. The van der Waals surface area contributed by atoms with Gasteiger partial charge in [-0.05, 0) is 37.0 Å². The van der Waals surface area contributed by atoms with E-state index in [9.17, 15) is 14.4 Å². The van der Waals surface area contributed by atoms with Gasteiger partial charge in [0, 0.05) is 6.54 Å². The van der Waals surface area contributed by atoms with Gasteiger partial charge in [-0.2, -0.15) is 5.26 Å². The Morgan fingerprint density at radius 2 is 2.16 bits per heavy atom. The van der Waals surface area contributed by atoms with E-state index in [2.05, 4.69) is 11.4 Å². The van der Waals surface area contributed by atoms with Gasteiger partial charge < -0.3 is 5.32 Å². The highest BCUT2D eigenvalue weighted by Gasteiger charge is 2.41. The molecule has 0 heterocycles. The molecule has 2 rings (SSSR count). The molecule has 3 nitrogen and oxygen atoms in total. The van der Waals surface area contributed by atoms with E-state index in [4.69, 9.17) is 0 Å². The van der Waals surface area contributed by atoms with Crippen molar-refractivity contribution in [2.24, 2.45) is 5.41 Å². The molecule has 1 fully saturated rings. The molecule has 0 radical (unpaired) electrons. The summed E-state index contributed by atoms with van der Waals surface area (Å²) in [6.45, 7) is 0.436. The minimum Gasteiger partial charge on any atom is -0.354 e. The standard InChI is InChI=1S/C15H17FN2O/c16-13-5-3-4-12(10-13)6-9-18-14(19)15(11-17)7-1-2-8-15/h3-5,10H,1-2,6-9H2,(H,18,19). The Labute approximate surface area is 112 Å². The van der Waals surface area contributed by atoms with Crippen LogP contribution in [0.5, 0.6) is 0 Å². The average molecular weight is 260 g/mol. The minimum atomic E-state index is -0.831. The maximum atomic E-state index is 13.0. The van der Waals surface area contributed by atoms with Gasteiger partial charge in [0.25, 0.3) is 0 Å². The van der Waals surface area contributed by atoms with Crippen molar-refractivity contribution in [2.45, 2.75) is 32.1 Å². The number of nitriles is 1. The molecular weight excluding hydrogens is 243 g/mol. The van der Waals surface area contributed by atoms with Crippen molar-refractivity contribution in [3.05, 3.63) is 35.6 Å². The molecule has 4 heteroatoms. The zero-order valence-electron chi connectivity index (χ0n) is 10.8. The van der Waals surface area contributed by atoms with E-state index in [1.54, 1.807) is 6.07 Å². The molecule has 0 aliphatic heterocycles. The van der Waals surface area contributed by atoms with E-state index in [-0.39, 0.29) is 11.7 Å². The molecule has 0 saturated heterocycles. The molecule has 1 aliphatic carbocycles. The number of amides is 1. The van der Waals surface area contributed by atoms with Gasteiger partial charge in [-0.1, -0.05) is 25.0 Å². The van der Waals surface area contributed by atoms with Crippen LogP contribution >= 0.6 is 0 Å². The third-order valence-electron chi connectivity index (χ3n) is 3.69. The number of carbonyl (C=O) groups is 1. The molecule has 1 amide bonds. The molecule has 1 aliphatic rings. The van der Waals surface area contributed by atoms with Crippen LogP contribution in [0.3, 0.4) is 0 Å². The first kappa shape index (κ1) is 13.5. The van der Waals surface area contributed by atoms with Crippen LogP contribution in [0.1, 0.15) is 31.2 Å². The highest BCUT2D eigenvalue weighted by atomic mass is 19.1. The Kier molecular flexibility index (Phi) is 4.16.